The molecule has 2 aliphatic rings. The van der Waals surface area contributed by atoms with Crippen LogP contribution in [0.4, 0.5) is 0 Å². The second-order valence-corrected chi connectivity index (χ2v) is 7.80. The molecular weight excluding hydrogens is 356 g/mol. The molecule has 0 aromatic heterocycles. The molecule has 0 aromatic rings. The van der Waals surface area contributed by atoms with Crippen molar-refractivity contribution in [3.05, 3.63) is 23.8 Å². The van der Waals surface area contributed by atoms with Gasteiger partial charge in [-0.3, -0.25) is 4.79 Å². The number of rotatable bonds is 6. The van der Waals surface area contributed by atoms with E-state index in [1.54, 1.807) is 19.1 Å². The second kappa shape index (κ2) is 8.91. The quantitative estimate of drug-likeness (QED) is 0.377. The predicted molar refractivity (Wildman–Crippen MR) is 95.5 cm³/mol. The van der Waals surface area contributed by atoms with E-state index in [1.807, 2.05) is 19.9 Å². The molecule has 0 amide bonds. The van der Waals surface area contributed by atoms with Crippen molar-refractivity contribution in [2.75, 3.05) is 13.2 Å². The lowest BCUT2D eigenvalue weighted by molar-refractivity contribution is -0.306. The van der Waals surface area contributed by atoms with Crippen molar-refractivity contribution < 1.29 is 39.8 Å². The Morgan fingerprint density at radius 2 is 2.00 bits per heavy atom. The van der Waals surface area contributed by atoms with Gasteiger partial charge in [-0.05, 0) is 19.9 Å². The fraction of sp³-hybridized carbons (Fsp3) is 0.737. The third-order valence-electron chi connectivity index (χ3n) is 5.22. The van der Waals surface area contributed by atoms with Crippen LogP contribution in [0.2, 0.25) is 0 Å². The van der Waals surface area contributed by atoms with Crippen molar-refractivity contribution in [3.8, 4) is 0 Å². The van der Waals surface area contributed by atoms with Crippen LogP contribution in [0.5, 0.6) is 0 Å². The van der Waals surface area contributed by atoms with E-state index in [0.29, 0.717) is 0 Å². The van der Waals surface area contributed by atoms with Gasteiger partial charge < -0.3 is 35.0 Å². The first-order valence-electron chi connectivity index (χ1n) is 9.08. The summed E-state index contributed by atoms with van der Waals surface area (Å²) in [5.41, 5.74) is 0.183. The number of carbonyl (C=O) groups excluding carboxylic acids is 1. The van der Waals surface area contributed by atoms with Gasteiger partial charge in [0.1, 0.15) is 24.4 Å². The van der Waals surface area contributed by atoms with Crippen LogP contribution in [0, 0.1) is 11.3 Å². The van der Waals surface area contributed by atoms with Crippen LogP contribution in [0.1, 0.15) is 27.2 Å². The monoisotopic (exact) mass is 386 g/mol. The highest BCUT2D eigenvalue weighted by Crippen LogP contribution is 2.42. The number of aliphatic hydroxyl groups is 5. The Hall–Kier alpha value is -1.13. The van der Waals surface area contributed by atoms with Crippen molar-refractivity contribution in [1.29, 1.82) is 0 Å². The Labute approximate surface area is 158 Å². The highest BCUT2D eigenvalue weighted by Gasteiger charge is 2.46. The van der Waals surface area contributed by atoms with E-state index in [4.69, 9.17) is 9.47 Å². The first-order chi connectivity index (χ1) is 12.6. The maximum absolute atomic E-state index is 12.1. The number of hydrogen-bond acceptors (Lipinski definition) is 8. The molecule has 27 heavy (non-hydrogen) atoms. The summed E-state index contributed by atoms with van der Waals surface area (Å²) >= 11 is 0. The van der Waals surface area contributed by atoms with E-state index in [2.05, 4.69) is 0 Å². The zero-order valence-corrected chi connectivity index (χ0v) is 15.9. The third kappa shape index (κ3) is 5.03. The van der Waals surface area contributed by atoms with Gasteiger partial charge in [-0.2, -0.15) is 0 Å². The van der Waals surface area contributed by atoms with Gasteiger partial charge in [0.05, 0.1) is 19.3 Å². The van der Waals surface area contributed by atoms with E-state index in [1.165, 1.54) is 0 Å². The maximum atomic E-state index is 12.1. The van der Waals surface area contributed by atoms with Gasteiger partial charge in [0.2, 0.25) is 0 Å². The number of ether oxygens (including phenoxy) is 2. The van der Waals surface area contributed by atoms with Crippen LogP contribution in [-0.2, 0) is 14.3 Å². The van der Waals surface area contributed by atoms with Gasteiger partial charge in [0.25, 0.3) is 0 Å². The lowest BCUT2D eigenvalue weighted by atomic mass is 9.67. The largest absolute Gasteiger partial charge is 0.394 e. The summed E-state index contributed by atoms with van der Waals surface area (Å²) in [5.74, 6) is -0.219. The van der Waals surface area contributed by atoms with E-state index in [0.717, 1.165) is 5.57 Å². The molecule has 0 radical (unpaired) electrons. The molecule has 8 heteroatoms. The van der Waals surface area contributed by atoms with Gasteiger partial charge in [-0.1, -0.05) is 24.6 Å². The van der Waals surface area contributed by atoms with Crippen molar-refractivity contribution in [2.24, 2.45) is 11.3 Å². The van der Waals surface area contributed by atoms with Gasteiger partial charge in [0, 0.05) is 17.8 Å². The Morgan fingerprint density at radius 3 is 2.59 bits per heavy atom. The van der Waals surface area contributed by atoms with E-state index >= 15 is 0 Å². The molecule has 8 nitrogen and oxygen atoms in total. The molecule has 154 valence electrons. The normalized spacial score (nSPS) is 41.6. The molecule has 0 saturated carbocycles. The lowest BCUT2D eigenvalue weighted by Crippen LogP contribution is -2.59. The average Bonchev–Trinajstić information content (AvgIpc) is 2.58. The van der Waals surface area contributed by atoms with E-state index in [9.17, 15) is 30.3 Å². The van der Waals surface area contributed by atoms with Crippen LogP contribution in [0.3, 0.4) is 0 Å². The highest BCUT2D eigenvalue weighted by atomic mass is 16.7. The van der Waals surface area contributed by atoms with E-state index in [-0.39, 0.29) is 24.7 Å². The summed E-state index contributed by atoms with van der Waals surface area (Å²) < 4.78 is 11.1. The summed E-state index contributed by atoms with van der Waals surface area (Å²) in [5, 5.41) is 48.6. The van der Waals surface area contributed by atoms with Crippen molar-refractivity contribution in [2.45, 2.75) is 64.0 Å². The average molecular weight is 386 g/mol. The minimum Gasteiger partial charge on any atom is -0.394 e. The summed E-state index contributed by atoms with van der Waals surface area (Å²) in [6, 6.07) is 0. The molecule has 0 bridgehead atoms. The van der Waals surface area contributed by atoms with E-state index < -0.39 is 48.8 Å². The van der Waals surface area contributed by atoms with Crippen LogP contribution >= 0.6 is 0 Å². The Bertz CT molecular complexity index is 584. The van der Waals surface area contributed by atoms with Gasteiger partial charge >= 0.3 is 0 Å². The van der Waals surface area contributed by atoms with Crippen molar-refractivity contribution in [1.82, 2.24) is 0 Å². The summed E-state index contributed by atoms with van der Waals surface area (Å²) in [6.45, 7) is 4.82. The smallest absolute Gasteiger partial charge is 0.186 e. The first kappa shape index (κ1) is 22.2. The predicted octanol–water partition coefficient (Wildman–Crippen LogP) is -0.718. The van der Waals surface area contributed by atoms with Crippen LogP contribution in [0.25, 0.3) is 0 Å². The van der Waals surface area contributed by atoms with Crippen LogP contribution in [-0.4, -0.2) is 81.3 Å². The van der Waals surface area contributed by atoms with Crippen molar-refractivity contribution >= 4 is 5.78 Å². The SMILES string of the molecule is CC1=CC(=O)CC(C)(CO[C@@H]2O[C@H](CO)[C@@H](O)[C@H](O)[C@H]2O)C1/C=C/[C@@H](C)O. The number of ketones is 1. The Balaban J connectivity index is 2.15. The zero-order chi connectivity index (χ0) is 20.4. The molecule has 1 aliphatic heterocycles. The molecule has 1 saturated heterocycles. The number of aliphatic hydroxyl groups excluding tert-OH is 5. The molecule has 1 fully saturated rings. The molecule has 1 heterocycles. The molecule has 1 aliphatic carbocycles. The zero-order valence-electron chi connectivity index (χ0n) is 15.9. The summed E-state index contributed by atoms with van der Waals surface area (Å²) in [6.07, 6.45) is -2.15. The minimum atomic E-state index is -1.52. The minimum absolute atomic E-state index is 0.0292. The summed E-state index contributed by atoms with van der Waals surface area (Å²) in [7, 11) is 0. The second-order valence-electron chi connectivity index (χ2n) is 7.80. The van der Waals surface area contributed by atoms with Gasteiger partial charge in [0.15, 0.2) is 12.1 Å². The topological polar surface area (TPSA) is 137 Å². The maximum Gasteiger partial charge on any atom is 0.186 e. The van der Waals surface area contributed by atoms with Crippen LogP contribution < -0.4 is 0 Å². The summed E-state index contributed by atoms with van der Waals surface area (Å²) in [4.78, 5) is 12.1. The first-order valence-corrected chi connectivity index (χ1v) is 9.08. The molecule has 2 rings (SSSR count). The standard InChI is InChI=1S/C19H30O8/c1-10-6-12(22)7-19(3,13(10)5-4-11(2)21)9-26-18-17(25)16(24)15(23)14(8-20)27-18/h4-6,11,13-18,20-21,23-25H,7-9H2,1-3H3/b5-4+/t11-,13?,14-,15-,16+,17-,18-,19?/m1/s1. The molecule has 0 spiro atoms. The third-order valence-corrected chi connectivity index (χ3v) is 5.22. The number of allylic oxidation sites excluding steroid dienone is 3. The Morgan fingerprint density at radius 1 is 1.33 bits per heavy atom. The van der Waals surface area contributed by atoms with Crippen LogP contribution in [0.15, 0.2) is 23.8 Å². The molecule has 2 unspecified atom stereocenters. The van der Waals surface area contributed by atoms with Gasteiger partial charge in [-0.25, -0.2) is 0 Å². The molecule has 8 atom stereocenters. The molecule has 0 aromatic carbocycles. The Kier molecular flexibility index (Phi) is 7.32. The van der Waals surface area contributed by atoms with Gasteiger partial charge in [-0.15, -0.1) is 0 Å². The molecular formula is C19H30O8. The fourth-order valence-corrected chi connectivity index (χ4v) is 3.73. The molecule has 5 N–H and O–H groups in total. The number of carbonyl (C=O) groups is 1. The van der Waals surface area contributed by atoms with Crippen molar-refractivity contribution in [3.63, 3.8) is 0 Å². The fourth-order valence-electron chi connectivity index (χ4n) is 3.73. The number of hydrogen-bond donors (Lipinski definition) is 5. The highest BCUT2D eigenvalue weighted by molar-refractivity contribution is 5.92. The lowest BCUT2D eigenvalue weighted by Gasteiger charge is -2.43.